The van der Waals surface area contributed by atoms with Crippen molar-refractivity contribution in [1.82, 2.24) is 45.7 Å². The first-order valence-corrected chi connectivity index (χ1v) is 29.3. The Kier molecular flexibility index (Phi) is 23.9. The highest BCUT2D eigenvalue weighted by atomic mass is 127. The second-order valence-electron chi connectivity index (χ2n) is 21.5. The SMILES string of the molecule is CC=CCC(I)(CCC)C1CC(=O)N(CCC(=O)N[C@H](C(=O)N[C@@H](C)C(=O)Nc2ccc(COC(=O)N3CC[C@H](OC(=O)CC(CC)CCCC)[C@@H]3C(=O)N[C@@H]3[C@@H](O)[C@H](O)[C@@H](Nc4ncnc5nc[nH]c45)O[C@H]3CO)cc2)C(C)C)C1=O. The number of hydrogen-bond donors (Lipinski definition) is 9. The maximum Gasteiger partial charge on any atom is 0.410 e. The third-order valence-corrected chi connectivity index (χ3v) is 17.0. The number of benzene rings is 1. The number of allylic oxidation sites excluding steroid dienone is 2. The van der Waals surface area contributed by atoms with Gasteiger partial charge in [0.05, 0.1) is 24.9 Å². The molecule has 12 atom stereocenters. The summed E-state index contributed by atoms with van der Waals surface area (Å²) in [6, 6.07) is 1.32. The number of aliphatic hydroxyl groups excluding tert-OH is 3. The van der Waals surface area contributed by atoms with Gasteiger partial charge in [-0.3, -0.25) is 43.4 Å². The van der Waals surface area contributed by atoms with Crippen molar-refractivity contribution in [3.05, 3.63) is 54.6 Å². The number of unbranched alkanes of at least 4 members (excludes halogenated alkanes) is 1. The number of H-pyrrole nitrogens is 1. The summed E-state index contributed by atoms with van der Waals surface area (Å²) in [5.41, 5.74) is 1.53. The number of nitrogens with one attached hydrogen (secondary N) is 6. The number of esters is 1. The van der Waals surface area contributed by atoms with Crippen LogP contribution in [0.15, 0.2) is 49.1 Å². The van der Waals surface area contributed by atoms with Gasteiger partial charge in [-0.2, -0.15) is 0 Å². The van der Waals surface area contributed by atoms with Crippen molar-refractivity contribution in [3.63, 3.8) is 0 Å². The topological polar surface area (TPSA) is 346 Å². The largest absolute Gasteiger partial charge is 0.460 e. The van der Waals surface area contributed by atoms with E-state index < -0.39 is 112 Å². The Morgan fingerprint density at radius 1 is 0.988 bits per heavy atom. The Morgan fingerprint density at radius 2 is 1.73 bits per heavy atom. The lowest BCUT2D eigenvalue weighted by atomic mass is 9.84. The molecule has 7 amide bonds. The van der Waals surface area contributed by atoms with Crippen molar-refractivity contribution in [1.29, 1.82) is 0 Å². The molecule has 3 aromatic rings. The number of carbonyl (C=O) groups is 8. The molecule has 0 radical (unpaired) electrons. The van der Waals surface area contributed by atoms with Crippen LogP contribution in [0.25, 0.3) is 11.2 Å². The summed E-state index contributed by atoms with van der Waals surface area (Å²) in [6.45, 7) is 11.7. The van der Waals surface area contributed by atoms with E-state index in [1.165, 1.54) is 19.6 Å². The fourth-order valence-corrected chi connectivity index (χ4v) is 11.8. The molecule has 450 valence electrons. The summed E-state index contributed by atoms with van der Waals surface area (Å²) in [6.07, 6.45) is 4.14. The van der Waals surface area contributed by atoms with E-state index in [-0.39, 0.29) is 68.9 Å². The molecule has 3 saturated heterocycles. The minimum absolute atomic E-state index is 0.0429. The lowest BCUT2D eigenvalue weighted by Crippen LogP contribution is -2.67. The minimum Gasteiger partial charge on any atom is -0.460 e. The van der Waals surface area contributed by atoms with Crippen LogP contribution < -0.4 is 26.6 Å². The van der Waals surface area contributed by atoms with Gasteiger partial charge in [0.15, 0.2) is 23.7 Å². The second kappa shape index (κ2) is 30.3. The number of alkyl halides is 1. The average molecular weight is 1260 g/mol. The summed E-state index contributed by atoms with van der Waals surface area (Å²) in [7, 11) is 0. The Labute approximate surface area is 490 Å². The van der Waals surface area contributed by atoms with Gasteiger partial charge >= 0.3 is 12.1 Å². The quantitative estimate of drug-likeness (QED) is 0.0164. The number of hydrogen-bond acceptors (Lipinski definition) is 18. The van der Waals surface area contributed by atoms with Gasteiger partial charge in [-0.05, 0) is 62.6 Å². The zero-order chi connectivity index (χ0) is 59.8. The van der Waals surface area contributed by atoms with Crippen LogP contribution in [-0.2, 0) is 54.4 Å². The number of anilines is 2. The van der Waals surface area contributed by atoms with Crippen molar-refractivity contribution in [2.45, 2.75) is 184 Å². The molecule has 26 heteroatoms. The summed E-state index contributed by atoms with van der Waals surface area (Å²) in [4.78, 5) is 126. The first-order chi connectivity index (χ1) is 39.2. The van der Waals surface area contributed by atoms with Gasteiger partial charge in [0.25, 0.3) is 0 Å². The van der Waals surface area contributed by atoms with Crippen LogP contribution in [0.2, 0.25) is 0 Å². The number of nitrogens with zero attached hydrogens (tertiary/aromatic N) is 5. The molecule has 0 bridgehead atoms. The molecule has 3 unspecified atom stereocenters. The van der Waals surface area contributed by atoms with Gasteiger partial charge in [-0.25, -0.2) is 19.7 Å². The number of halogens is 1. The molecule has 1 aromatic carbocycles. The van der Waals surface area contributed by atoms with Gasteiger partial charge in [0.1, 0.15) is 55.0 Å². The Bertz CT molecular complexity index is 2730. The lowest BCUT2D eigenvalue weighted by Gasteiger charge is -2.43. The molecule has 9 N–H and O–H groups in total. The van der Waals surface area contributed by atoms with E-state index in [1.807, 2.05) is 32.9 Å². The van der Waals surface area contributed by atoms with Crippen molar-refractivity contribution < 1.29 is 67.9 Å². The summed E-state index contributed by atoms with van der Waals surface area (Å²) in [5.74, 6) is -4.46. The Balaban J connectivity index is 1.03. The van der Waals surface area contributed by atoms with Crippen molar-refractivity contribution in [2.24, 2.45) is 17.8 Å². The van der Waals surface area contributed by atoms with Crippen LogP contribution in [0.4, 0.5) is 16.3 Å². The predicted molar refractivity (Wildman–Crippen MR) is 308 cm³/mol. The number of ether oxygens (including phenoxy) is 3. The molecule has 6 rings (SSSR count). The molecule has 0 spiro atoms. The Morgan fingerprint density at radius 3 is 2.40 bits per heavy atom. The van der Waals surface area contributed by atoms with Crippen molar-refractivity contribution in [3.8, 4) is 0 Å². The van der Waals surface area contributed by atoms with Crippen LogP contribution in [-0.4, -0.2) is 170 Å². The number of imidazole rings is 1. The number of amides is 7. The molecular weight excluding hydrogens is 1180 g/mol. The van der Waals surface area contributed by atoms with E-state index in [1.54, 1.807) is 38.1 Å². The number of aromatic amines is 1. The van der Waals surface area contributed by atoms with Crippen LogP contribution in [0.1, 0.15) is 125 Å². The number of imide groups is 1. The van der Waals surface area contributed by atoms with Crippen molar-refractivity contribution in [2.75, 3.05) is 30.3 Å². The summed E-state index contributed by atoms with van der Waals surface area (Å²) < 4.78 is 17.1. The zero-order valence-electron chi connectivity index (χ0n) is 47.6. The highest BCUT2D eigenvalue weighted by molar-refractivity contribution is 14.1. The fourth-order valence-electron chi connectivity index (χ4n) is 10.5. The first-order valence-electron chi connectivity index (χ1n) is 28.3. The molecule has 2 aromatic heterocycles. The average Bonchev–Trinajstić information content (AvgIpc) is 4.37. The number of aliphatic hydroxyl groups is 3. The monoisotopic (exact) mass is 1260 g/mol. The summed E-state index contributed by atoms with van der Waals surface area (Å²) >= 11 is 2.30. The second-order valence-corrected chi connectivity index (χ2v) is 23.7. The number of carbonyl (C=O) groups excluding carboxylic acids is 8. The minimum atomic E-state index is -1.72. The lowest BCUT2D eigenvalue weighted by molar-refractivity contribution is -0.186. The van der Waals surface area contributed by atoms with Crippen LogP contribution in [0, 0.1) is 17.8 Å². The third kappa shape index (κ3) is 16.5. The molecule has 3 fully saturated rings. The predicted octanol–water partition coefficient (Wildman–Crippen LogP) is 3.91. The van der Waals surface area contributed by atoms with E-state index in [0.717, 1.165) is 48.3 Å². The molecular formula is C56H80IN11O14. The Hall–Kier alpha value is -6.36. The molecule has 82 heavy (non-hydrogen) atoms. The van der Waals surface area contributed by atoms with E-state index in [9.17, 15) is 53.7 Å². The zero-order valence-corrected chi connectivity index (χ0v) is 49.8. The van der Waals surface area contributed by atoms with Gasteiger partial charge in [0, 0.05) is 47.9 Å². The molecule has 3 aliphatic heterocycles. The van der Waals surface area contributed by atoms with Crippen LogP contribution in [0.5, 0.6) is 0 Å². The highest BCUT2D eigenvalue weighted by Crippen LogP contribution is 2.43. The fraction of sp³-hybridized carbons (Fsp3) is 0.625. The van der Waals surface area contributed by atoms with E-state index in [2.05, 4.69) is 76.0 Å². The molecule has 3 aliphatic rings. The number of aromatic nitrogens is 4. The van der Waals surface area contributed by atoms with Gasteiger partial charge < -0.3 is 61.1 Å². The van der Waals surface area contributed by atoms with Crippen molar-refractivity contribution >= 4 is 92.8 Å². The number of likely N-dealkylation sites (tertiary alicyclic amines) is 2. The van der Waals surface area contributed by atoms with Gasteiger partial charge in [-0.15, -0.1) is 0 Å². The normalized spacial score (nSPS) is 23.8. The first kappa shape index (κ1) is 64.8. The van der Waals surface area contributed by atoms with Crippen LogP contribution >= 0.6 is 22.6 Å². The molecule has 0 saturated carbocycles. The van der Waals surface area contributed by atoms with E-state index in [0.29, 0.717) is 28.8 Å². The van der Waals surface area contributed by atoms with E-state index >= 15 is 0 Å². The van der Waals surface area contributed by atoms with Gasteiger partial charge in [-0.1, -0.05) is 107 Å². The maximum atomic E-state index is 14.4. The van der Waals surface area contributed by atoms with Gasteiger partial charge in [0.2, 0.25) is 35.4 Å². The molecule has 0 aliphatic carbocycles. The molecule has 5 heterocycles. The van der Waals surface area contributed by atoms with E-state index in [4.69, 9.17) is 14.2 Å². The maximum absolute atomic E-state index is 14.4. The smallest absolute Gasteiger partial charge is 0.410 e. The number of fused-ring (bicyclic) bond motifs is 1. The highest BCUT2D eigenvalue weighted by Gasteiger charge is 2.51. The third-order valence-electron chi connectivity index (χ3n) is 15.3. The van der Waals surface area contributed by atoms with Crippen LogP contribution in [0.3, 0.4) is 0 Å². The molecule has 25 nitrogen and oxygen atoms in total. The number of rotatable bonds is 28. The summed E-state index contributed by atoms with van der Waals surface area (Å²) in [5, 5.41) is 46.7. The standard InChI is InChI=1S/C56H80IN11O14/c1-8-12-14-33(11-4)25-41(72)81-37-19-23-68(45(37)52(77)65-43-38(27-69)82-53(47(74)46(43)73)66-49-44-48(59-29-58-44)60-30-61-49)55(79)80-28-34-15-17-35(18-16-34)63-50(75)32(7)62-51(76)42(31(5)6)64-39(70)20-24-67-40(71)26-36(54(67)78)56(57,21-10-3)22-13-9-2/h9,13,15-18,29-33,36-38,42-43,45-47,53,69,73-74H,8,10-12,14,19-28H2,1-7H3,(H,62,76)(H,63,75)(H,64,70)(H,65,77)(H2,58,59,60,61,66)/t32-,33?,36?,37-,38-,42-,43-,45+,46+,47-,53-,56?/m0/s1.